The molecule has 14 heavy (non-hydrogen) atoms. The molecular weight excluding hydrogens is 210 g/mol. The van der Waals surface area contributed by atoms with Crippen molar-refractivity contribution in [3.05, 3.63) is 30.6 Å². The minimum Gasteiger partial charge on any atom is -0.325 e. The quantitative estimate of drug-likeness (QED) is 0.688. The van der Waals surface area contributed by atoms with Crippen molar-refractivity contribution in [2.45, 2.75) is 6.92 Å². The van der Waals surface area contributed by atoms with E-state index in [2.05, 4.69) is 9.17 Å². The van der Waals surface area contributed by atoms with Gasteiger partial charge in [0.2, 0.25) is 0 Å². The van der Waals surface area contributed by atoms with Crippen LogP contribution in [-0.2, 0) is 19.4 Å². The minimum absolute atomic E-state index is 0.869. The van der Waals surface area contributed by atoms with Crippen LogP contribution in [0.5, 0.6) is 0 Å². The Kier molecular flexibility index (Phi) is 5.42. The van der Waals surface area contributed by atoms with Crippen LogP contribution < -0.4 is 0 Å². The number of carbonyl (C=O) groups excluding carboxylic acids is 1. The van der Waals surface area contributed by atoms with Gasteiger partial charge in [0.1, 0.15) is 0 Å². The van der Waals surface area contributed by atoms with Gasteiger partial charge in [-0.05, 0) is 12.1 Å². The number of pyridine rings is 1. The average Bonchev–Trinajstić information content (AvgIpc) is 2.03. The Morgan fingerprint density at radius 2 is 1.79 bits per heavy atom. The first-order chi connectivity index (χ1) is 6.42. The predicted molar refractivity (Wildman–Crippen MR) is 47.6 cm³/mol. The highest BCUT2D eigenvalue weighted by molar-refractivity contribution is 7.81. The Hall–Kier alpha value is -1.47. The van der Waals surface area contributed by atoms with Crippen LogP contribution in [0.2, 0.25) is 0 Å². The van der Waals surface area contributed by atoms with E-state index >= 15 is 0 Å². The summed E-state index contributed by atoms with van der Waals surface area (Å²) in [7, 11) is -4.57. The van der Waals surface area contributed by atoms with Gasteiger partial charge in [-0.25, -0.2) is 0 Å². The van der Waals surface area contributed by atoms with E-state index in [1.54, 1.807) is 12.4 Å². The van der Waals surface area contributed by atoms with Crippen LogP contribution in [0.4, 0.5) is 0 Å². The number of aromatic nitrogens is 1. The van der Waals surface area contributed by atoms with Crippen LogP contribution in [0, 0.1) is 0 Å². The third kappa shape index (κ3) is 10.5. The largest absolute Gasteiger partial charge is 0.448 e. The minimum atomic E-state index is -4.57. The molecule has 0 spiro atoms. The topological polar surface area (TPSA) is 93.6 Å². The van der Waals surface area contributed by atoms with Crippen molar-refractivity contribution in [1.29, 1.82) is 0 Å². The second-order valence-corrected chi connectivity index (χ2v) is 3.05. The van der Waals surface area contributed by atoms with Crippen LogP contribution in [0.15, 0.2) is 30.6 Å². The maximum Gasteiger partial charge on any atom is 0.448 e. The first-order valence-corrected chi connectivity index (χ1v) is 4.81. The van der Waals surface area contributed by atoms with E-state index < -0.39 is 16.4 Å². The molecule has 0 saturated heterocycles. The molecule has 0 saturated carbocycles. The van der Waals surface area contributed by atoms with E-state index in [1.165, 1.54) is 0 Å². The van der Waals surface area contributed by atoms with Gasteiger partial charge in [0.15, 0.2) is 0 Å². The molecule has 0 amide bonds. The van der Waals surface area contributed by atoms with Gasteiger partial charge in [0, 0.05) is 19.3 Å². The second-order valence-electron chi connectivity index (χ2n) is 2.03. The standard InChI is InChI=1S/C5H5N.C2H4O5S/c1-2-4-6-5-3-1;1-2(3)7-8(4,5)6/h1-5H;1H3,(H,4,5,6). The average molecular weight is 219 g/mol. The van der Waals surface area contributed by atoms with Crippen LogP contribution in [0.25, 0.3) is 0 Å². The molecule has 0 fully saturated rings. The van der Waals surface area contributed by atoms with Crippen LogP contribution >= 0.6 is 0 Å². The molecule has 1 aromatic heterocycles. The SMILES string of the molecule is CC(=O)OS(=O)(=O)O.c1ccncc1. The van der Waals surface area contributed by atoms with E-state index in [9.17, 15) is 13.2 Å². The summed E-state index contributed by atoms with van der Waals surface area (Å²) in [6.45, 7) is 0.869. The van der Waals surface area contributed by atoms with Crippen molar-refractivity contribution in [3.8, 4) is 0 Å². The number of nitrogens with zero attached hydrogens (tertiary/aromatic N) is 1. The maximum absolute atomic E-state index is 9.70. The molecule has 1 N–H and O–H groups in total. The third-order valence-corrected chi connectivity index (χ3v) is 1.23. The van der Waals surface area contributed by atoms with Crippen molar-refractivity contribution in [2.24, 2.45) is 0 Å². The molecule has 78 valence electrons. The Balaban J connectivity index is 0.000000249. The number of rotatable bonds is 1. The fraction of sp³-hybridized carbons (Fsp3) is 0.143. The van der Waals surface area contributed by atoms with E-state index in [1.807, 2.05) is 18.2 Å². The van der Waals surface area contributed by atoms with Crippen molar-refractivity contribution < 1.29 is 21.9 Å². The van der Waals surface area contributed by atoms with Gasteiger partial charge in [-0.15, -0.1) is 0 Å². The summed E-state index contributed by atoms with van der Waals surface area (Å²) in [5, 5.41) is 0. The van der Waals surface area contributed by atoms with E-state index in [0.29, 0.717) is 0 Å². The molecule has 1 rings (SSSR count). The van der Waals surface area contributed by atoms with Crippen molar-refractivity contribution in [1.82, 2.24) is 4.98 Å². The number of hydrogen-bond acceptors (Lipinski definition) is 5. The highest BCUT2D eigenvalue weighted by Gasteiger charge is 2.06. The highest BCUT2D eigenvalue weighted by atomic mass is 32.3. The molecule has 7 heteroatoms. The molecule has 0 bridgehead atoms. The predicted octanol–water partition coefficient (Wildman–Crippen LogP) is 0.434. The van der Waals surface area contributed by atoms with E-state index in [4.69, 9.17) is 4.55 Å². The zero-order valence-corrected chi connectivity index (χ0v) is 8.14. The van der Waals surface area contributed by atoms with Gasteiger partial charge in [-0.1, -0.05) is 6.07 Å². The molecule has 0 aliphatic rings. The fourth-order valence-electron chi connectivity index (χ4n) is 0.461. The molecule has 6 nitrogen and oxygen atoms in total. The number of hydrogen-bond donors (Lipinski definition) is 1. The summed E-state index contributed by atoms with van der Waals surface area (Å²) in [5.41, 5.74) is 0. The van der Waals surface area contributed by atoms with Crippen molar-refractivity contribution in [2.75, 3.05) is 0 Å². The van der Waals surface area contributed by atoms with Crippen molar-refractivity contribution in [3.63, 3.8) is 0 Å². The summed E-state index contributed by atoms with van der Waals surface area (Å²) in [4.78, 5) is 13.5. The summed E-state index contributed by atoms with van der Waals surface area (Å²) < 4.78 is 30.2. The summed E-state index contributed by atoms with van der Waals surface area (Å²) in [6, 6.07) is 5.72. The van der Waals surface area contributed by atoms with E-state index in [-0.39, 0.29) is 0 Å². The lowest BCUT2D eigenvalue weighted by Crippen LogP contribution is -2.07. The lowest BCUT2D eigenvalue weighted by Gasteiger charge is -1.90. The Morgan fingerprint density at radius 3 is 1.86 bits per heavy atom. The summed E-state index contributed by atoms with van der Waals surface area (Å²) in [6.07, 6.45) is 3.50. The van der Waals surface area contributed by atoms with Gasteiger partial charge in [-0.2, -0.15) is 8.42 Å². The Morgan fingerprint density at radius 1 is 1.29 bits per heavy atom. The van der Waals surface area contributed by atoms with Gasteiger partial charge in [0.05, 0.1) is 0 Å². The Labute approximate surface area is 81.5 Å². The van der Waals surface area contributed by atoms with Gasteiger partial charge in [-0.3, -0.25) is 14.3 Å². The zero-order valence-electron chi connectivity index (χ0n) is 7.32. The summed E-state index contributed by atoms with van der Waals surface area (Å²) in [5.74, 6) is -1.06. The first kappa shape index (κ1) is 12.5. The lowest BCUT2D eigenvalue weighted by molar-refractivity contribution is -0.131. The molecule has 1 heterocycles. The van der Waals surface area contributed by atoms with Crippen LogP contribution in [0.3, 0.4) is 0 Å². The normalized spacial score (nSPS) is 9.57. The van der Waals surface area contributed by atoms with Crippen LogP contribution in [0.1, 0.15) is 6.92 Å². The molecule has 1 aromatic rings. The molecule has 0 aromatic carbocycles. The summed E-state index contributed by atoms with van der Waals surface area (Å²) >= 11 is 0. The molecule has 0 aliphatic carbocycles. The molecule has 0 unspecified atom stereocenters. The highest BCUT2D eigenvalue weighted by Crippen LogP contribution is 1.84. The van der Waals surface area contributed by atoms with Gasteiger partial charge < -0.3 is 4.18 Å². The van der Waals surface area contributed by atoms with Crippen LogP contribution in [-0.4, -0.2) is 23.9 Å². The molecule has 0 aliphatic heterocycles. The van der Waals surface area contributed by atoms with E-state index in [0.717, 1.165) is 6.92 Å². The first-order valence-electron chi connectivity index (χ1n) is 3.44. The maximum atomic E-state index is 9.70. The van der Waals surface area contributed by atoms with Crippen molar-refractivity contribution >= 4 is 16.4 Å². The molecule has 0 radical (unpaired) electrons. The second kappa shape index (κ2) is 6.06. The van der Waals surface area contributed by atoms with Gasteiger partial charge in [0.25, 0.3) is 0 Å². The lowest BCUT2D eigenvalue weighted by atomic mass is 10.5. The van der Waals surface area contributed by atoms with Gasteiger partial charge >= 0.3 is 16.4 Å². The fourth-order valence-corrected chi connectivity index (χ4v) is 0.758. The molecule has 0 atom stereocenters. The monoisotopic (exact) mass is 219 g/mol. The Bertz CT molecular complexity index is 334. The third-order valence-electron chi connectivity index (χ3n) is 0.789. The molecular formula is C7H9NO5S. The number of carbonyl (C=O) groups is 1. The zero-order chi connectivity index (χ0) is 11.0. The smallest absolute Gasteiger partial charge is 0.325 e.